The van der Waals surface area contributed by atoms with E-state index in [2.05, 4.69) is 31.3 Å². The first-order valence-corrected chi connectivity index (χ1v) is 8.09. The van der Waals surface area contributed by atoms with Crippen LogP contribution in [-0.2, 0) is 0 Å². The molecule has 0 amide bonds. The molecule has 2 aromatic rings. The number of hydrogen-bond donors (Lipinski definition) is 1. The van der Waals surface area contributed by atoms with Gasteiger partial charge >= 0.3 is 0 Å². The van der Waals surface area contributed by atoms with Crippen LogP contribution in [-0.4, -0.2) is 16.7 Å². The number of fused-ring (bicyclic) bond motifs is 1. The Morgan fingerprint density at radius 1 is 1.14 bits per heavy atom. The van der Waals surface area contributed by atoms with Crippen molar-refractivity contribution in [2.75, 3.05) is 5.32 Å². The van der Waals surface area contributed by atoms with Crippen molar-refractivity contribution in [2.24, 2.45) is 10.9 Å². The molecular weight excluding hydrogens is 312 g/mol. The molecule has 0 unspecified atom stereocenters. The van der Waals surface area contributed by atoms with Crippen LogP contribution in [0.25, 0.3) is 0 Å². The summed E-state index contributed by atoms with van der Waals surface area (Å²) in [4.78, 5) is 5.71. The van der Waals surface area contributed by atoms with Gasteiger partial charge in [0.2, 0.25) is 0 Å². The van der Waals surface area contributed by atoms with Gasteiger partial charge in [-0.15, -0.1) is 0 Å². The third-order valence-corrected chi connectivity index (χ3v) is 4.29. The third kappa shape index (κ3) is 2.92. The molecule has 0 radical (unpaired) electrons. The first-order valence-electron chi connectivity index (χ1n) is 7.30. The lowest BCUT2D eigenvalue weighted by Crippen LogP contribution is -2.28. The van der Waals surface area contributed by atoms with E-state index in [1.807, 2.05) is 36.4 Å². The topological polar surface area (TPSA) is 24.4 Å². The van der Waals surface area contributed by atoms with Gasteiger partial charge in [0, 0.05) is 21.8 Å². The number of aliphatic imine (C=N–C) groups is 1. The van der Waals surface area contributed by atoms with Gasteiger partial charge in [0.15, 0.2) is 0 Å². The van der Waals surface area contributed by atoms with Crippen LogP contribution in [0.2, 0.25) is 5.02 Å². The lowest BCUT2D eigenvalue weighted by Gasteiger charge is -2.17. The quantitative estimate of drug-likeness (QED) is 0.788. The number of hydrogen-bond acceptors (Lipinski definition) is 2. The van der Waals surface area contributed by atoms with E-state index in [0.717, 1.165) is 27.5 Å². The first kappa shape index (κ1) is 15.2. The molecule has 1 aliphatic rings. The van der Waals surface area contributed by atoms with E-state index in [0.29, 0.717) is 10.9 Å². The number of nitrogens with one attached hydrogen (secondary N) is 1. The number of benzodiazepines with no additional fused rings is 1. The van der Waals surface area contributed by atoms with Crippen molar-refractivity contribution >= 4 is 40.2 Å². The van der Waals surface area contributed by atoms with E-state index in [1.54, 1.807) is 0 Å². The Kier molecular flexibility index (Phi) is 4.27. The van der Waals surface area contributed by atoms with Gasteiger partial charge in [-0.25, -0.2) is 0 Å². The monoisotopic (exact) mass is 328 g/mol. The number of halogens is 1. The summed E-state index contributed by atoms with van der Waals surface area (Å²) in [5.41, 5.74) is 3.99. The second kappa shape index (κ2) is 6.19. The number of rotatable bonds is 2. The van der Waals surface area contributed by atoms with Crippen LogP contribution in [0.4, 0.5) is 5.69 Å². The first-order chi connectivity index (χ1) is 10.6. The Labute approximate surface area is 141 Å². The average Bonchev–Trinajstić information content (AvgIpc) is 2.63. The molecule has 2 nitrogen and oxygen atoms in total. The smallest absolute Gasteiger partial charge is 0.105 e. The molecule has 1 N–H and O–H groups in total. The van der Waals surface area contributed by atoms with E-state index in [-0.39, 0.29) is 6.04 Å². The number of nitrogens with zero attached hydrogens (tertiary/aromatic N) is 1. The summed E-state index contributed by atoms with van der Waals surface area (Å²) in [6.07, 6.45) is 0. The molecule has 1 atom stereocenters. The van der Waals surface area contributed by atoms with Crippen molar-refractivity contribution in [2.45, 2.75) is 19.9 Å². The molecule has 0 bridgehead atoms. The number of thiocarbonyl (C=S) groups is 1. The molecule has 112 valence electrons. The van der Waals surface area contributed by atoms with Crippen LogP contribution in [0, 0.1) is 5.92 Å². The number of anilines is 1. The van der Waals surface area contributed by atoms with Gasteiger partial charge in [-0.05, 0) is 24.1 Å². The second-order valence-electron chi connectivity index (χ2n) is 5.71. The normalized spacial score (nSPS) is 17.5. The Balaban J connectivity index is 2.22. The van der Waals surface area contributed by atoms with Gasteiger partial charge in [-0.3, -0.25) is 4.99 Å². The van der Waals surface area contributed by atoms with Gasteiger partial charge in [-0.1, -0.05) is 68.0 Å². The highest BCUT2D eigenvalue weighted by Crippen LogP contribution is 2.29. The fourth-order valence-electron chi connectivity index (χ4n) is 2.58. The Hall–Kier alpha value is -1.71. The summed E-state index contributed by atoms with van der Waals surface area (Å²) in [6.45, 7) is 4.27. The predicted octanol–water partition coefficient (Wildman–Crippen LogP) is 4.95. The summed E-state index contributed by atoms with van der Waals surface area (Å²) in [5, 5.41) is 4.01. The highest BCUT2D eigenvalue weighted by atomic mass is 35.5. The fraction of sp³-hybridized carbons (Fsp3) is 0.222. The molecule has 0 spiro atoms. The molecule has 4 heteroatoms. The Bertz CT molecular complexity index is 738. The molecular formula is C18H17ClN2S. The molecule has 2 aromatic carbocycles. The SMILES string of the molecule is CC(C)[C@@H]1N=C(c2ccccc2)c2ccc(Cl)cc2NC1=S. The zero-order valence-electron chi connectivity index (χ0n) is 12.5. The summed E-state index contributed by atoms with van der Waals surface area (Å²) < 4.78 is 0. The van der Waals surface area contributed by atoms with Gasteiger partial charge in [0.1, 0.15) is 11.0 Å². The lowest BCUT2D eigenvalue weighted by molar-refractivity contribution is 0.602. The zero-order valence-corrected chi connectivity index (χ0v) is 14.1. The summed E-state index contributed by atoms with van der Waals surface area (Å²) in [7, 11) is 0. The van der Waals surface area contributed by atoms with Crippen molar-refractivity contribution in [3.63, 3.8) is 0 Å². The van der Waals surface area contributed by atoms with E-state index < -0.39 is 0 Å². The minimum absolute atomic E-state index is 0.0450. The third-order valence-electron chi connectivity index (χ3n) is 3.71. The number of benzene rings is 2. The van der Waals surface area contributed by atoms with Crippen LogP contribution < -0.4 is 5.32 Å². The van der Waals surface area contributed by atoms with Gasteiger partial charge in [0.25, 0.3) is 0 Å². The van der Waals surface area contributed by atoms with E-state index in [1.165, 1.54) is 0 Å². The maximum atomic E-state index is 6.15. The van der Waals surface area contributed by atoms with Crippen molar-refractivity contribution in [1.29, 1.82) is 0 Å². The van der Waals surface area contributed by atoms with E-state index in [4.69, 9.17) is 28.8 Å². The van der Waals surface area contributed by atoms with Crippen molar-refractivity contribution < 1.29 is 0 Å². The van der Waals surface area contributed by atoms with Crippen LogP contribution >= 0.6 is 23.8 Å². The van der Waals surface area contributed by atoms with Crippen LogP contribution in [0.5, 0.6) is 0 Å². The van der Waals surface area contributed by atoms with Crippen LogP contribution in [0.3, 0.4) is 0 Å². The molecule has 0 aromatic heterocycles. The summed E-state index contributed by atoms with van der Waals surface area (Å²) in [6, 6.07) is 15.9. The molecule has 0 fully saturated rings. The fourth-order valence-corrected chi connectivity index (χ4v) is 3.19. The summed E-state index contributed by atoms with van der Waals surface area (Å²) in [5.74, 6) is 0.323. The predicted molar refractivity (Wildman–Crippen MR) is 98.4 cm³/mol. The van der Waals surface area contributed by atoms with Crippen molar-refractivity contribution in [3.8, 4) is 0 Å². The zero-order chi connectivity index (χ0) is 15.7. The minimum Gasteiger partial charge on any atom is -0.348 e. The highest BCUT2D eigenvalue weighted by molar-refractivity contribution is 7.80. The van der Waals surface area contributed by atoms with Crippen LogP contribution in [0.1, 0.15) is 25.0 Å². The van der Waals surface area contributed by atoms with E-state index >= 15 is 0 Å². The molecule has 0 saturated carbocycles. The Morgan fingerprint density at radius 3 is 2.55 bits per heavy atom. The average molecular weight is 329 g/mol. The highest BCUT2D eigenvalue weighted by Gasteiger charge is 2.25. The maximum absolute atomic E-state index is 6.15. The largest absolute Gasteiger partial charge is 0.348 e. The van der Waals surface area contributed by atoms with Crippen molar-refractivity contribution in [1.82, 2.24) is 0 Å². The molecule has 1 aliphatic heterocycles. The lowest BCUT2D eigenvalue weighted by atomic mass is 10.00. The van der Waals surface area contributed by atoms with Crippen molar-refractivity contribution in [3.05, 3.63) is 64.7 Å². The molecule has 0 aliphatic carbocycles. The summed E-state index contributed by atoms with van der Waals surface area (Å²) >= 11 is 11.7. The van der Waals surface area contributed by atoms with E-state index in [9.17, 15) is 0 Å². The van der Waals surface area contributed by atoms with Crippen LogP contribution in [0.15, 0.2) is 53.5 Å². The Morgan fingerprint density at radius 2 is 1.86 bits per heavy atom. The maximum Gasteiger partial charge on any atom is 0.105 e. The van der Waals surface area contributed by atoms with Gasteiger partial charge < -0.3 is 5.32 Å². The minimum atomic E-state index is -0.0450. The van der Waals surface area contributed by atoms with Gasteiger partial charge in [-0.2, -0.15) is 0 Å². The van der Waals surface area contributed by atoms with Gasteiger partial charge in [0.05, 0.1) is 5.71 Å². The standard InChI is InChI=1S/C18H17ClN2S/c1-11(2)16-18(22)20-15-10-13(19)8-9-14(15)17(21-16)12-6-4-3-5-7-12/h3-11,16H,1-2H3,(H,20,22)/t16-/m0/s1. The molecule has 0 saturated heterocycles. The second-order valence-corrected chi connectivity index (χ2v) is 6.59. The molecule has 22 heavy (non-hydrogen) atoms. The molecule has 3 rings (SSSR count). The molecule has 1 heterocycles.